The number of hydrogen-bond acceptors (Lipinski definition) is 6. The molecule has 0 bridgehead atoms. The first kappa shape index (κ1) is 21.3. The second-order valence-corrected chi connectivity index (χ2v) is 8.65. The first-order chi connectivity index (χ1) is 14.9. The van der Waals surface area contributed by atoms with Crippen LogP contribution in [0.25, 0.3) is 0 Å². The van der Waals surface area contributed by atoms with E-state index in [2.05, 4.69) is 10.2 Å². The average molecular weight is 458 g/mol. The van der Waals surface area contributed by atoms with Crippen LogP contribution in [-0.2, 0) is 12.8 Å². The number of nitro groups is 1. The van der Waals surface area contributed by atoms with Gasteiger partial charge in [-0.15, -0.1) is 10.2 Å². The average Bonchev–Trinajstić information content (AvgIpc) is 3.39. The summed E-state index contributed by atoms with van der Waals surface area (Å²) in [5.41, 5.74) is 1.63. The molecule has 0 radical (unpaired) electrons. The lowest BCUT2D eigenvalue weighted by atomic mass is 10.1. The molecule has 1 amide bonds. The highest BCUT2D eigenvalue weighted by Gasteiger charge is 2.34. The lowest BCUT2D eigenvalue weighted by Gasteiger charge is -2.24. The number of amides is 1. The van der Waals surface area contributed by atoms with Gasteiger partial charge in [-0.2, -0.15) is 0 Å². The summed E-state index contributed by atoms with van der Waals surface area (Å²) in [7, 11) is 1.90. The highest BCUT2D eigenvalue weighted by Crippen LogP contribution is 2.34. The number of hydrogen-bond donors (Lipinski definition) is 0. The molecule has 1 atom stereocenters. The summed E-state index contributed by atoms with van der Waals surface area (Å²) in [6, 6.07) is 13.3. The predicted octanol–water partition coefficient (Wildman–Crippen LogP) is 4.65. The van der Waals surface area contributed by atoms with E-state index in [1.165, 1.54) is 23.9 Å². The molecule has 3 aromatic rings. The topological polar surface area (TPSA) is 94.2 Å². The number of aromatic nitrogens is 3. The third-order valence-electron chi connectivity index (χ3n) is 5.29. The van der Waals surface area contributed by atoms with Gasteiger partial charge >= 0.3 is 0 Å². The molecule has 2 aromatic carbocycles. The molecule has 31 heavy (non-hydrogen) atoms. The van der Waals surface area contributed by atoms with Gasteiger partial charge in [0.1, 0.15) is 0 Å². The maximum atomic E-state index is 13.0. The van der Waals surface area contributed by atoms with Crippen molar-refractivity contribution >= 4 is 35.0 Å². The number of non-ortho nitro benzene ring substituents is 1. The zero-order chi connectivity index (χ0) is 22.0. The molecule has 1 aromatic heterocycles. The van der Waals surface area contributed by atoms with Crippen LogP contribution in [0.2, 0.25) is 5.02 Å². The first-order valence-electron chi connectivity index (χ1n) is 9.76. The molecule has 0 spiro atoms. The highest BCUT2D eigenvalue weighted by atomic mass is 35.5. The van der Waals surface area contributed by atoms with Crippen molar-refractivity contribution in [3.8, 4) is 0 Å². The minimum Gasteiger partial charge on any atom is -0.328 e. The van der Waals surface area contributed by atoms with E-state index in [4.69, 9.17) is 11.6 Å². The molecule has 1 fully saturated rings. The summed E-state index contributed by atoms with van der Waals surface area (Å²) in [4.78, 5) is 25.2. The fraction of sp³-hybridized carbons (Fsp3) is 0.286. The van der Waals surface area contributed by atoms with Gasteiger partial charge in [0, 0.05) is 42.1 Å². The third kappa shape index (κ3) is 4.57. The number of nitrogens with zero attached hydrogens (tertiary/aromatic N) is 5. The largest absolute Gasteiger partial charge is 0.328 e. The second-order valence-electron chi connectivity index (χ2n) is 7.28. The molecule has 0 N–H and O–H groups in total. The van der Waals surface area contributed by atoms with Crippen molar-refractivity contribution in [3.63, 3.8) is 0 Å². The predicted molar refractivity (Wildman–Crippen MR) is 118 cm³/mol. The van der Waals surface area contributed by atoms with Gasteiger partial charge < -0.3 is 9.47 Å². The molecule has 1 aliphatic heterocycles. The van der Waals surface area contributed by atoms with E-state index in [-0.39, 0.29) is 17.6 Å². The van der Waals surface area contributed by atoms with Crippen LogP contribution in [0.3, 0.4) is 0 Å². The fourth-order valence-electron chi connectivity index (χ4n) is 3.64. The fourth-order valence-corrected chi connectivity index (χ4v) is 4.64. The molecule has 10 heteroatoms. The number of thioether (sulfide) groups is 1. The monoisotopic (exact) mass is 457 g/mol. The van der Waals surface area contributed by atoms with Gasteiger partial charge in [-0.1, -0.05) is 35.5 Å². The van der Waals surface area contributed by atoms with Crippen LogP contribution in [0.15, 0.2) is 53.7 Å². The van der Waals surface area contributed by atoms with Gasteiger partial charge in [0.05, 0.1) is 11.0 Å². The van der Waals surface area contributed by atoms with E-state index >= 15 is 0 Å². The summed E-state index contributed by atoms with van der Waals surface area (Å²) < 4.78 is 1.92. The zero-order valence-corrected chi connectivity index (χ0v) is 18.3. The molecule has 0 saturated carbocycles. The molecule has 1 saturated heterocycles. The van der Waals surface area contributed by atoms with Crippen molar-refractivity contribution in [1.29, 1.82) is 0 Å². The van der Waals surface area contributed by atoms with E-state index in [0.717, 1.165) is 29.4 Å². The zero-order valence-electron chi connectivity index (χ0n) is 16.8. The number of halogens is 1. The maximum Gasteiger partial charge on any atom is 0.269 e. The smallest absolute Gasteiger partial charge is 0.269 e. The Morgan fingerprint density at radius 1 is 1.19 bits per heavy atom. The number of benzene rings is 2. The molecule has 1 unspecified atom stereocenters. The number of nitro benzene ring substituents is 1. The van der Waals surface area contributed by atoms with Crippen LogP contribution in [0, 0.1) is 10.1 Å². The summed E-state index contributed by atoms with van der Waals surface area (Å²) >= 11 is 7.44. The van der Waals surface area contributed by atoms with E-state index in [9.17, 15) is 14.9 Å². The Hall–Kier alpha value is -2.91. The van der Waals surface area contributed by atoms with E-state index in [1.807, 2.05) is 16.5 Å². The van der Waals surface area contributed by atoms with Gasteiger partial charge in [-0.3, -0.25) is 14.9 Å². The standard InChI is InChI=1S/C21H20ClN5O3S/c1-25-19(18-3-2-12-26(18)20(28)15-6-8-16(22)9-7-15)23-24-21(25)31-13-14-4-10-17(11-5-14)27(29)30/h4-11,18H,2-3,12-13H2,1H3. The number of likely N-dealkylation sites (tertiary alicyclic amines) is 1. The molecule has 8 nitrogen and oxygen atoms in total. The molecule has 2 heterocycles. The van der Waals surface area contributed by atoms with Crippen LogP contribution >= 0.6 is 23.4 Å². The Labute approximate surface area is 188 Å². The third-order valence-corrected chi connectivity index (χ3v) is 6.63. The summed E-state index contributed by atoms with van der Waals surface area (Å²) in [5.74, 6) is 1.33. The SMILES string of the molecule is Cn1c(SCc2ccc([N+](=O)[O-])cc2)nnc1C1CCCN1C(=O)c1ccc(Cl)cc1. The second kappa shape index (κ2) is 9.07. The Morgan fingerprint density at radius 2 is 1.90 bits per heavy atom. The molecule has 0 aliphatic carbocycles. The van der Waals surface area contributed by atoms with E-state index in [0.29, 0.717) is 22.9 Å². The minimum absolute atomic E-state index is 0.0396. The van der Waals surface area contributed by atoms with Crippen molar-refractivity contribution in [1.82, 2.24) is 19.7 Å². The Bertz CT molecular complexity index is 1100. The highest BCUT2D eigenvalue weighted by molar-refractivity contribution is 7.98. The Morgan fingerprint density at radius 3 is 2.58 bits per heavy atom. The molecule has 160 valence electrons. The normalized spacial score (nSPS) is 15.9. The van der Waals surface area contributed by atoms with Crippen LogP contribution in [0.5, 0.6) is 0 Å². The van der Waals surface area contributed by atoms with E-state index < -0.39 is 4.92 Å². The van der Waals surface area contributed by atoms with Crippen LogP contribution < -0.4 is 0 Å². The van der Waals surface area contributed by atoms with E-state index in [1.54, 1.807) is 36.4 Å². The van der Waals surface area contributed by atoms with Crippen molar-refractivity contribution in [2.45, 2.75) is 29.8 Å². The Kier molecular flexibility index (Phi) is 6.24. The lowest BCUT2D eigenvalue weighted by molar-refractivity contribution is -0.384. The summed E-state index contributed by atoms with van der Waals surface area (Å²) in [5, 5.41) is 20.8. The minimum atomic E-state index is -0.412. The van der Waals surface area contributed by atoms with Gasteiger partial charge in [0.2, 0.25) is 0 Å². The van der Waals surface area contributed by atoms with Crippen molar-refractivity contribution < 1.29 is 9.72 Å². The van der Waals surface area contributed by atoms with Gasteiger partial charge in [0.25, 0.3) is 11.6 Å². The Balaban J connectivity index is 1.47. The quantitative estimate of drug-likeness (QED) is 0.304. The first-order valence-corrected chi connectivity index (χ1v) is 11.1. The number of carbonyl (C=O) groups excluding carboxylic acids is 1. The molecule has 1 aliphatic rings. The summed E-state index contributed by atoms with van der Waals surface area (Å²) in [6.07, 6.45) is 1.74. The van der Waals surface area contributed by atoms with Crippen molar-refractivity contribution in [2.75, 3.05) is 6.54 Å². The van der Waals surface area contributed by atoms with Gasteiger partial charge in [-0.05, 0) is 42.7 Å². The number of rotatable bonds is 6. The number of carbonyl (C=O) groups is 1. The van der Waals surface area contributed by atoms with Crippen molar-refractivity contribution in [2.24, 2.45) is 7.05 Å². The van der Waals surface area contributed by atoms with Gasteiger partial charge in [-0.25, -0.2) is 0 Å². The molecular weight excluding hydrogens is 438 g/mol. The maximum absolute atomic E-state index is 13.0. The summed E-state index contributed by atoms with van der Waals surface area (Å²) in [6.45, 7) is 0.671. The van der Waals surface area contributed by atoms with Gasteiger partial charge in [0.15, 0.2) is 11.0 Å². The van der Waals surface area contributed by atoms with Crippen molar-refractivity contribution in [3.05, 3.63) is 80.6 Å². The van der Waals surface area contributed by atoms with Crippen LogP contribution in [0.4, 0.5) is 5.69 Å². The molecular formula is C21H20ClN5O3S. The lowest BCUT2D eigenvalue weighted by Crippen LogP contribution is -2.31. The molecule has 4 rings (SSSR count). The van der Waals surface area contributed by atoms with Crippen LogP contribution in [0.1, 0.15) is 40.6 Å². The van der Waals surface area contributed by atoms with Crippen LogP contribution in [-0.4, -0.2) is 37.0 Å².